The van der Waals surface area contributed by atoms with E-state index in [1.54, 1.807) is 0 Å². The Morgan fingerprint density at radius 2 is 2.00 bits per heavy atom. The second kappa shape index (κ2) is 5.77. The summed E-state index contributed by atoms with van der Waals surface area (Å²) in [5, 5.41) is 13.9. The molecule has 0 bridgehead atoms. The number of nitrogens with zero attached hydrogens (tertiary/aromatic N) is 1. The Bertz CT molecular complexity index is 389. The molecule has 1 aromatic carbocycles. The molecule has 0 aliphatic rings. The van der Waals surface area contributed by atoms with Crippen LogP contribution in [-0.2, 0) is 0 Å². The number of rotatable bonds is 4. The summed E-state index contributed by atoms with van der Waals surface area (Å²) in [7, 11) is 0. The van der Waals surface area contributed by atoms with Crippen LogP contribution in [0.2, 0.25) is 10.0 Å². The molecule has 7 heteroatoms. The molecule has 0 aliphatic heterocycles. The van der Waals surface area contributed by atoms with Crippen LogP contribution in [0.25, 0.3) is 0 Å². The number of halogens is 3. The third-order valence-corrected chi connectivity index (χ3v) is 2.37. The topological polar surface area (TPSA) is 70.6 Å². The van der Waals surface area contributed by atoms with E-state index in [-0.39, 0.29) is 15.9 Å². The van der Waals surface area contributed by atoms with Crippen molar-refractivity contribution in [2.24, 2.45) is 10.9 Å². The summed E-state index contributed by atoms with van der Waals surface area (Å²) in [6, 6.07) is 2.82. The van der Waals surface area contributed by atoms with Gasteiger partial charge in [-0.25, -0.2) is 4.39 Å². The van der Waals surface area contributed by atoms with Gasteiger partial charge in [0.15, 0.2) is 5.82 Å². The third-order valence-electron chi connectivity index (χ3n) is 1.82. The molecule has 0 aliphatic carbocycles. The molecule has 0 saturated carbocycles. The van der Waals surface area contributed by atoms with Crippen molar-refractivity contribution in [1.82, 2.24) is 0 Å². The van der Waals surface area contributed by atoms with Gasteiger partial charge in [-0.2, -0.15) is 0 Å². The van der Waals surface area contributed by atoms with E-state index >= 15 is 0 Å². The zero-order chi connectivity index (χ0) is 12.1. The minimum Gasteiger partial charge on any atom is -0.409 e. The monoisotopic (exact) mass is 265 g/mol. The van der Waals surface area contributed by atoms with Crippen molar-refractivity contribution in [1.29, 1.82) is 0 Å². The molecule has 0 radical (unpaired) electrons. The molecule has 16 heavy (non-hydrogen) atoms. The fraction of sp³-hybridized carbons (Fsp3) is 0.222. The highest BCUT2D eigenvalue weighted by Crippen LogP contribution is 2.27. The van der Waals surface area contributed by atoms with Gasteiger partial charge in [0, 0.05) is 18.7 Å². The van der Waals surface area contributed by atoms with Gasteiger partial charge < -0.3 is 16.3 Å². The van der Waals surface area contributed by atoms with Gasteiger partial charge in [-0.15, -0.1) is 0 Å². The number of hydrogen-bond acceptors (Lipinski definition) is 3. The average molecular weight is 266 g/mol. The molecule has 0 aromatic heterocycles. The van der Waals surface area contributed by atoms with Crippen molar-refractivity contribution >= 4 is 34.7 Å². The predicted octanol–water partition coefficient (Wildman–Crippen LogP) is 2.68. The highest BCUT2D eigenvalue weighted by atomic mass is 35.5. The second-order valence-electron chi connectivity index (χ2n) is 3.02. The Kier molecular flexibility index (Phi) is 4.64. The molecular weight excluding hydrogens is 256 g/mol. The van der Waals surface area contributed by atoms with E-state index in [0.29, 0.717) is 18.7 Å². The van der Waals surface area contributed by atoms with E-state index < -0.39 is 5.82 Å². The molecule has 0 fully saturated rings. The van der Waals surface area contributed by atoms with E-state index in [9.17, 15) is 4.39 Å². The van der Waals surface area contributed by atoms with Crippen LogP contribution in [0, 0.1) is 5.82 Å². The first kappa shape index (κ1) is 12.9. The van der Waals surface area contributed by atoms with Crippen LogP contribution in [0.5, 0.6) is 0 Å². The molecule has 0 unspecified atom stereocenters. The van der Waals surface area contributed by atoms with Crippen molar-refractivity contribution in [2.75, 3.05) is 11.9 Å². The summed E-state index contributed by atoms with van der Waals surface area (Å²) in [6.45, 7) is 0.425. The largest absolute Gasteiger partial charge is 0.409 e. The average Bonchev–Trinajstić information content (AvgIpc) is 2.25. The maximum absolute atomic E-state index is 13.1. The molecule has 88 valence electrons. The Labute approximate surface area is 102 Å². The lowest BCUT2D eigenvalue weighted by molar-refractivity contribution is 0.317. The Balaban J connectivity index is 2.62. The van der Waals surface area contributed by atoms with Gasteiger partial charge in [-0.3, -0.25) is 0 Å². The first-order valence-electron chi connectivity index (χ1n) is 4.39. The molecule has 0 amide bonds. The van der Waals surface area contributed by atoms with E-state index in [4.69, 9.17) is 34.1 Å². The van der Waals surface area contributed by atoms with E-state index in [2.05, 4.69) is 10.5 Å². The predicted molar refractivity (Wildman–Crippen MR) is 62.9 cm³/mol. The van der Waals surface area contributed by atoms with Crippen LogP contribution in [0.4, 0.5) is 10.1 Å². The van der Waals surface area contributed by atoms with Crippen LogP contribution >= 0.6 is 23.2 Å². The molecule has 4 nitrogen and oxygen atoms in total. The van der Waals surface area contributed by atoms with Crippen LogP contribution < -0.4 is 11.1 Å². The van der Waals surface area contributed by atoms with Crippen molar-refractivity contribution < 1.29 is 9.60 Å². The first-order chi connectivity index (χ1) is 7.54. The van der Waals surface area contributed by atoms with Gasteiger partial charge in [0.25, 0.3) is 0 Å². The number of anilines is 1. The normalized spacial score (nSPS) is 11.6. The number of nitrogens with one attached hydrogen (secondary N) is 1. The summed E-state index contributed by atoms with van der Waals surface area (Å²) in [5.41, 5.74) is 5.84. The summed E-state index contributed by atoms with van der Waals surface area (Å²) < 4.78 is 13.1. The van der Waals surface area contributed by atoms with E-state index in [1.165, 1.54) is 12.1 Å². The Morgan fingerprint density at radius 3 is 2.50 bits per heavy atom. The molecule has 1 aromatic rings. The van der Waals surface area contributed by atoms with E-state index in [0.717, 1.165) is 0 Å². The number of hydrogen-bond donors (Lipinski definition) is 3. The van der Waals surface area contributed by atoms with Crippen molar-refractivity contribution in [3.63, 3.8) is 0 Å². The highest BCUT2D eigenvalue weighted by molar-refractivity contribution is 6.35. The van der Waals surface area contributed by atoms with Crippen LogP contribution in [0.3, 0.4) is 0 Å². The molecular formula is C9H10Cl2FN3O. The molecule has 0 heterocycles. The SMILES string of the molecule is N/C(CCNc1cc(Cl)c(F)c(Cl)c1)=N/O. The number of oxime groups is 1. The van der Waals surface area contributed by atoms with Crippen LogP contribution in [0.1, 0.15) is 6.42 Å². The standard InChI is InChI=1S/C9H10Cl2FN3O/c10-6-3-5(4-7(11)9(6)12)14-2-1-8(13)15-16/h3-4,14,16H,1-2H2,(H2,13,15). The smallest absolute Gasteiger partial charge is 0.160 e. The molecule has 0 atom stereocenters. The van der Waals surface area contributed by atoms with Crippen LogP contribution in [-0.4, -0.2) is 17.6 Å². The second-order valence-corrected chi connectivity index (χ2v) is 3.84. The highest BCUT2D eigenvalue weighted by Gasteiger charge is 2.07. The molecule has 4 N–H and O–H groups in total. The first-order valence-corrected chi connectivity index (χ1v) is 5.15. The number of nitrogens with two attached hydrogens (primary N) is 1. The van der Waals surface area contributed by atoms with Gasteiger partial charge in [0.2, 0.25) is 0 Å². The number of amidine groups is 1. The molecule has 0 spiro atoms. The Hall–Kier alpha value is -1.20. The molecule has 0 saturated heterocycles. The fourth-order valence-corrected chi connectivity index (χ4v) is 1.53. The lowest BCUT2D eigenvalue weighted by Gasteiger charge is -2.07. The molecule has 1 rings (SSSR count). The number of benzene rings is 1. The fourth-order valence-electron chi connectivity index (χ4n) is 1.04. The maximum Gasteiger partial charge on any atom is 0.160 e. The van der Waals surface area contributed by atoms with Gasteiger partial charge >= 0.3 is 0 Å². The van der Waals surface area contributed by atoms with Crippen molar-refractivity contribution in [2.45, 2.75) is 6.42 Å². The third kappa shape index (κ3) is 3.43. The zero-order valence-corrected chi connectivity index (χ0v) is 9.69. The van der Waals surface area contributed by atoms with Gasteiger partial charge in [0.1, 0.15) is 5.84 Å². The van der Waals surface area contributed by atoms with Gasteiger partial charge in [-0.05, 0) is 12.1 Å². The maximum atomic E-state index is 13.1. The Morgan fingerprint density at radius 1 is 1.44 bits per heavy atom. The zero-order valence-electron chi connectivity index (χ0n) is 8.17. The van der Waals surface area contributed by atoms with Gasteiger partial charge in [-0.1, -0.05) is 28.4 Å². The minimum absolute atomic E-state index is 0.0567. The quantitative estimate of drug-likeness (QED) is 0.258. The summed E-state index contributed by atoms with van der Waals surface area (Å²) in [4.78, 5) is 0. The summed E-state index contributed by atoms with van der Waals surface area (Å²) in [5.74, 6) is -0.544. The summed E-state index contributed by atoms with van der Waals surface area (Å²) in [6.07, 6.45) is 0.350. The van der Waals surface area contributed by atoms with Crippen LogP contribution in [0.15, 0.2) is 17.3 Å². The summed E-state index contributed by atoms with van der Waals surface area (Å²) >= 11 is 11.2. The van der Waals surface area contributed by atoms with E-state index in [1.807, 2.05) is 0 Å². The van der Waals surface area contributed by atoms with Crippen molar-refractivity contribution in [3.8, 4) is 0 Å². The van der Waals surface area contributed by atoms with Gasteiger partial charge in [0.05, 0.1) is 10.0 Å². The lowest BCUT2D eigenvalue weighted by Crippen LogP contribution is -2.16. The minimum atomic E-state index is -0.648. The lowest BCUT2D eigenvalue weighted by atomic mass is 10.3. The van der Waals surface area contributed by atoms with Crippen molar-refractivity contribution in [3.05, 3.63) is 28.0 Å².